The van der Waals surface area contributed by atoms with Crippen molar-refractivity contribution in [1.82, 2.24) is 39.9 Å². The zero-order valence-electron chi connectivity index (χ0n) is 61.5. The second-order valence-corrected chi connectivity index (χ2v) is 36.7. The van der Waals surface area contributed by atoms with E-state index in [0.717, 1.165) is 11.1 Å². The summed E-state index contributed by atoms with van der Waals surface area (Å²) in [5.74, 6) is 0. The van der Waals surface area contributed by atoms with Gasteiger partial charge in [-0.05, 0) is 226 Å². The summed E-state index contributed by atoms with van der Waals surface area (Å²) in [4.78, 5) is 33.3. The van der Waals surface area contributed by atoms with E-state index in [4.69, 9.17) is 19.9 Å². The highest BCUT2D eigenvalue weighted by Gasteiger charge is 2.26. The van der Waals surface area contributed by atoms with Crippen LogP contribution in [0.5, 0.6) is 0 Å². The molecule has 6 aromatic heterocycles. The van der Waals surface area contributed by atoms with Crippen LogP contribution >= 0.6 is 0 Å². The number of fused-ring (bicyclic) bond motifs is 16. The maximum Gasteiger partial charge on any atom is 0.294 e. The monoisotopic (exact) mass is 1710 g/mol. The second-order valence-electron chi connectivity index (χ2n) is 28.2. The van der Waals surface area contributed by atoms with Crippen LogP contribution in [-0.2, 0) is 60.7 Å². The summed E-state index contributed by atoms with van der Waals surface area (Å²) in [5.41, 5.74) is 17.3. The minimum absolute atomic E-state index is 0.354. The van der Waals surface area contributed by atoms with Crippen molar-refractivity contribution >= 4 is 153 Å². The predicted molar refractivity (Wildman–Crippen MR) is 459 cm³/mol. The average molecular weight is 1710 g/mol. The Bertz CT molecular complexity index is 7370. The van der Waals surface area contributed by atoms with E-state index in [-0.39, 0.29) is 29.4 Å². The van der Waals surface area contributed by atoms with E-state index in [1.54, 1.807) is 60.7 Å². The summed E-state index contributed by atoms with van der Waals surface area (Å²) >= 11 is 0. The van der Waals surface area contributed by atoms with Crippen LogP contribution in [0.4, 0.5) is 0 Å². The Labute approximate surface area is 683 Å². The van der Waals surface area contributed by atoms with Crippen molar-refractivity contribution < 1.29 is 77.8 Å². The van der Waals surface area contributed by atoms with Crippen molar-refractivity contribution in [2.24, 2.45) is 0 Å². The molecule has 0 fully saturated rings. The molecular weight excluding hydrogens is 1650 g/mol. The third-order valence-electron chi connectivity index (χ3n) is 20.8. The zero-order valence-corrected chi connectivity index (χ0v) is 66.4. The summed E-state index contributed by atoms with van der Waals surface area (Å²) in [6.07, 6.45) is 14.3. The minimum atomic E-state index is -4.63. The minimum Gasteiger partial charge on any atom is -0.354 e. The molecule has 10 N–H and O–H groups in total. The first-order chi connectivity index (χ1) is 57.2. The van der Waals surface area contributed by atoms with Gasteiger partial charge in [-0.1, -0.05) is 121 Å². The van der Waals surface area contributed by atoms with Gasteiger partial charge in [0.1, 0.15) is 0 Å². The molecule has 18 rings (SSSR count). The molecule has 0 radical (unpaired) electrons. The molecule has 16 bridgehead atoms. The molecule has 594 valence electrons. The Morgan fingerprint density at radius 1 is 0.158 bits per heavy atom. The summed E-state index contributed by atoms with van der Waals surface area (Å²) in [6.45, 7) is 0. The summed E-state index contributed by atoms with van der Waals surface area (Å²) in [7, 11) is -27.7. The molecular formula is C88H58N8O18S6. The maximum absolute atomic E-state index is 12.5. The van der Waals surface area contributed by atoms with Gasteiger partial charge in [0.2, 0.25) is 0 Å². The van der Waals surface area contributed by atoms with E-state index < -0.39 is 60.7 Å². The fraction of sp³-hybridized carbons (Fsp3) is 0. The topological polar surface area (TPSA) is 441 Å². The van der Waals surface area contributed by atoms with Crippen LogP contribution in [0.2, 0.25) is 0 Å². The Balaban J connectivity index is 0.819. The van der Waals surface area contributed by atoms with Crippen LogP contribution < -0.4 is 0 Å². The molecule has 26 nitrogen and oxygen atoms in total. The van der Waals surface area contributed by atoms with Gasteiger partial charge in [0.15, 0.2) is 0 Å². The van der Waals surface area contributed by atoms with E-state index >= 15 is 0 Å². The van der Waals surface area contributed by atoms with E-state index in [1.807, 2.05) is 84.9 Å². The number of nitrogens with zero attached hydrogens (tertiary/aromatic N) is 4. The Hall–Kier alpha value is -13.6. The van der Waals surface area contributed by atoms with Gasteiger partial charge in [-0.3, -0.25) is 27.3 Å². The molecule has 120 heavy (non-hydrogen) atoms. The summed E-state index contributed by atoms with van der Waals surface area (Å²) < 4.78 is 209. The molecule has 4 aliphatic heterocycles. The summed E-state index contributed by atoms with van der Waals surface area (Å²) in [6, 6.07) is 63.6. The number of hydrogen-bond acceptors (Lipinski definition) is 16. The number of H-pyrrole nitrogens is 4. The molecule has 0 atom stereocenters. The van der Waals surface area contributed by atoms with Crippen molar-refractivity contribution in [1.29, 1.82) is 0 Å². The molecule has 0 unspecified atom stereocenters. The van der Waals surface area contributed by atoms with Crippen LogP contribution in [0.25, 0.3) is 193 Å². The molecule has 10 heterocycles. The van der Waals surface area contributed by atoms with Crippen molar-refractivity contribution in [2.75, 3.05) is 0 Å². The van der Waals surface area contributed by atoms with Crippen molar-refractivity contribution in [2.45, 2.75) is 29.4 Å². The first-order valence-corrected chi connectivity index (χ1v) is 44.9. The zero-order chi connectivity index (χ0) is 83.7. The molecule has 0 amide bonds. The number of nitrogens with one attached hydrogen (secondary N) is 4. The predicted octanol–water partition coefficient (Wildman–Crippen LogP) is 18.1. The van der Waals surface area contributed by atoms with Crippen LogP contribution in [-0.4, -0.2) is 118 Å². The number of rotatable bonds is 15. The van der Waals surface area contributed by atoms with Gasteiger partial charge in [-0.25, -0.2) is 19.9 Å². The first kappa shape index (κ1) is 77.6. The smallest absolute Gasteiger partial charge is 0.294 e. The quantitative estimate of drug-likeness (QED) is 0.0426. The third kappa shape index (κ3) is 14.8. The Morgan fingerprint density at radius 3 is 0.383 bits per heavy atom. The lowest BCUT2D eigenvalue weighted by atomic mass is 9.97. The maximum atomic E-state index is 12.5. The highest BCUT2D eigenvalue weighted by Crippen LogP contribution is 2.44. The largest absolute Gasteiger partial charge is 0.354 e. The van der Waals surface area contributed by atoms with Crippen LogP contribution in [0.3, 0.4) is 0 Å². The second kappa shape index (κ2) is 29.2. The lowest BCUT2D eigenvalue weighted by Crippen LogP contribution is -1.97. The fourth-order valence-corrected chi connectivity index (χ4v) is 18.1. The fourth-order valence-electron chi connectivity index (χ4n) is 15.3. The molecule has 4 aliphatic rings. The van der Waals surface area contributed by atoms with Gasteiger partial charge in [0, 0.05) is 88.6 Å². The van der Waals surface area contributed by atoms with Gasteiger partial charge in [0.05, 0.1) is 74.9 Å². The average Bonchev–Trinajstić information content (AvgIpc) is 1.61. The van der Waals surface area contributed by atoms with E-state index in [1.165, 1.54) is 146 Å². The molecule has 0 saturated heterocycles. The van der Waals surface area contributed by atoms with Crippen molar-refractivity contribution in [3.8, 4) is 100 Å². The highest BCUT2D eigenvalue weighted by atomic mass is 32.2. The van der Waals surface area contributed by atoms with Crippen LogP contribution in [0.1, 0.15) is 45.6 Å². The van der Waals surface area contributed by atoms with E-state index in [9.17, 15) is 77.8 Å². The Morgan fingerprint density at radius 2 is 0.267 bits per heavy atom. The lowest BCUT2D eigenvalue weighted by molar-refractivity contribution is 0.481. The summed E-state index contributed by atoms with van der Waals surface area (Å²) in [5, 5.41) is 0. The lowest BCUT2D eigenvalue weighted by Gasteiger charge is -2.09. The number of benzene rings is 8. The molecule has 0 spiro atoms. The normalized spacial score (nSPS) is 13.0. The molecule has 0 aliphatic carbocycles. The molecule has 32 heteroatoms. The van der Waals surface area contributed by atoms with Gasteiger partial charge >= 0.3 is 0 Å². The van der Waals surface area contributed by atoms with Crippen molar-refractivity contribution in [3.05, 3.63) is 288 Å². The van der Waals surface area contributed by atoms with E-state index in [2.05, 4.69) is 19.9 Å². The highest BCUT2D eigenvalue weighted by molar-refractivity contribution is 7.87. The van der Waals surface area contributed by atoms with Gasteiger partial charge in [0.25, 0.3) is 60.7 Å². The molecule has 8 aromatic carbocycles. The Kier molecular flexibility index (Phi) is 18.9. The molecule has 14 aromatic rings. The van der Waals surface area contributed by atoms with E-state index in [0.29, 0.717) is 179 Å². The van der Waals surface area contributed by atoms with Crippen LogP contribution in [0.15, 0.2) is 272 Å². The standard InChI is InChI=1S/C88H58N8O18S6/c97-115(98,99)59-21-9-53(10-22-59)83-69-37-33-65(89-69)81(66-34-38-70(90-66)84(54-11-23-60(24-12-54)116(100,101)102)74-42-46-78(94-74)87(77-45-41-73(83)93-77)57-17-29-63(30-18-57)119(109,110)111)51-5-1-49(2-6-51)50-3-7-52(8-4-50)82-67-35-39-71(91-67)85(55-13-25-61(26-14-55)117(103,104)105)75-43-47-79(95-75)88(58-19-31-64(32-20-58)120(112,113)114)80-48-44-76(96-80)86(72-40-36-68(82)92-72)56-15-27-62(28-16-56)118(106,107)108/h1-48,89,91,94,96H,(H,97,98,99)(H,100,101,102)(H,103,104,105)(H,106,107,108)(H,109,110,111)(H,112,113,114). The van der Waals surface area contributed by atoms with Gasteiger partial charge in [-0.2, -0.15) is 50.5 Å². The van der Waals surface area contributed by atoms with Crippen molar-refractivity contribution in [3.63, 3.8) is 0 Å². The number of aromatic amines is 4. The van der Waals surface area contributed by atoms with Gasteiger partial charge in [-0.15, -0.1) is 0 Å². The van der Waals surface area contributed by atoms with Gasteiger partial charge < -0.3 is 19.9 Å². The SMILES string of the molecule is O=S(=O)(O)c1ccc(-c2c3nc(c(-c4ccc(S(=O)(=O)O)cc4)c4ccc([nH]4)c(-c4ccc(S(=O)(=O)O)cc4)c4nc(c(-c5ccc(-c6ccc(-c7c8nc(c(-c9ccc(S(=O)(=O)O)cc9)c9ccc([nH]9)c(-c9ccc(S(=O)(=O)O)cc9)c9nc(c(-c%10ccc(S(=O)(=O)O)cc%10)c%10ccc7[nH]%10)C=C9)C=C8)cc6)cc5)c5ccc2[nH]5)C=C4)C=C3)cc1. The number of hydrogen-bond donors (Lipinski definition) is 10. The number of aromatic nitrogens is 8. The van der Waals surface area contributed by atoms with Crippen LogP contribution in [0, 0.1) is 0 Å². The first-order valence-electron chi connectivity index (χ1n) is 36.2. The third-order valence-corrected chi connectivity index (χ3v) is 26.0. The molecule has 0 saturated carbocycles.